The maximum Gasteiger partial charge on any atom is 0.315 e. The van der Waals surface area contributed by atoms with E-state index in [9.17, 15) is 34.2 Å². The second-order valence-corrected chi connectivity index (χ2v) is 21.4. The average Bonchev–Trinajstić information content (AvgIpc) is 3.83. The van der Waals surface area contributed by atoms with E-state index < -0.39 is 59.3 Å². The number of hydrogen-bond acceptors (Lipinski definition) is 14. The molecular formula is C54H74N6O10. The molecule has 9 rings (SSSR count). The van der Waals surface area contributed by atoms with Gasteiger partial charge in [0.25, 0.3) is 11.7 Å². The number of carbonyl (C=O) groups excluding carboxylic acids is 5. The number of nitrogens with one attached hydrogen (secondary N) is 2. The first-order chi connectivity index (χ1) is 33.4. The molecule has 6 aliphatic heterocycles. The van der Waals surface area contributed by atoms with E-state index in [1.807, 2.05) is 19.9 Å². The van der Waals surface area contributed by atoms with Gasteiger partial charge in [-0.3, -0.25) is 33.9 Å². The van der Waals surface area contributed by atoms with Gasteiger partial charge in [0.05, 0.1) is 34.9 Å². The summed E-state index contributed by atoms with van der Waals surface area (Å²) in [5, 5.41) is 29.6. The summed E-state index contributed by atoms with van der Waals surface area (Å²) in [6.45, 7) is 18.0. The van der Waals surface area contributed by atoms with Gasteiger partial charge in [0, 0.05) is 94.7 Å². The smallest absolute Gasteiger partial charge is 0.315 e. The number of allylic oxidation sites excluding steroid dienone is 6. The molecule has 2 saturated heterocycles. The fourth-order valence-electron chi connectivity index (χ4n) is 11.2. The highest BCUT2D eigenvalue weighted by Gasteiger charge is 2.54. The van der Waals surface area contributed by atoms with Crippen LogP contribution in [0.3, 0.4) is 0 Å². The lowest BCUT2D eigenvalue weighted by Gasteiger charge is -2.40. The van der Waals surface area contributed by atoms with Gasteiger partial charge in [-0.25, -0.2) is 0 Å². The first-order valence-corrected chi connectivity index (χ1v) is 25.8. The first kappa shape index (κ1) is 51.0. The van der Waals surface area contributed by atoms with E-state index in [0.29, 0.717) is 62.7 Å². The Hall–Kier alpha value is -5.32. The predicted molar refractivity (Wildman–Crippen MR) is 264 cm³/mol. The molecule has 70 heavy (non-hydrogen) atoms. The summed E-state index contributed by atoms with van der Waals surface area (Å²) in [6.07, 6.45) is 15.3. The molecule has 1 saturated carbocycles. The number of aromatic hydroxyl groups is 1. The highest BCUT2D eigenvalue weighted by atomic mass is 16.7. The monoisotopic (exact) mass is 967 g/mol. The van der Waals surface area contributed by atoms with Crippen LogP contribution in [0.5, 0.6) is 11.5 Å². The van der Waals surface area contributed by atoms with Crippen LogP contribution in [0.2, 0.25) is 0 Å². The molecule has 380 valence electrons. The Bertz CT molecular complexity index is 2380. The molecule has 6 heterocycles. The van der Waals surface area contributed by atoms with Gasteiger partial charge in [-0.1, -0.05) is 65.2 Å². The number of phenols is 1. The number of rotatable bonds is 6. The van der Waals surface area contributed by atoms with Crippen LogP contribution in [0, 0.1) is 24.7 Å². The van der Waals surface area contributed by atoms with Crippen molar-refractivity contribution in [1.82, 2.24) is 25.3 Å². The molecule has 2 amide bonds. The van der Waals surface area contributed by atoms with Gasteiger partial charge in [0.2, 0.25) is 11.7 Å². The fourth-order valence-corrected chi connectivity index (χ4v) is 11.2. The van der Waals surface area contributed by atoms with E-state index in [1.165, 1.54) is 45.3 Å². The molecule has 1 aromatic rings. The normalized spacial score (nSPS) is 29.9. The predicted octanol–water partition coefficient (Wildman–Crippen LogP) is 6.38. The summed E-state index contributed by atoms with van der Waals surface area (Å²) in [4.78, 5) is 82.2. The minimum atomic E-state index is -1.91. The minimum Gasteiger partial charge on any atom is -0.507 e. The van der Waals surface area contributed by atoms with Crippen molar-refractivity contribution in [3.05, 3.63) is 69.8 Å². The van der Waals surface area contributed by atoms with Crippen molar-refractivity contribution < 1.29 is 48.4 Å². The van der Waals surface area contributed by atoms with Crippen molar-refractivity contribution in [3.8, 4) is 11.5 Å². The molecule has 5 atom stereocenters. The van der Waals surface area contributed by atoms with E-state index in [1.54, 1.807) is 37.0 Å². The van der Waals surface area contributed by atoms with Crippen LogP contribution < -0.4 is 15.4 Å². The number of Topliss-reactive ketones (excluding diaryl/α,β-unsaturated/α-hetero) is 2. The second kappa shape index (κ2) is 21.2. The minimum absolute atomic E-state index is 0.00647. The van der Waals surface area contributed by atoms with Crippen molar-refractivity contribution in [2.75, 3.05) is 45.8 Å². The van der Waals surface area contributed by atoms with Gasteiger partial charge in [-0.05, 0) is 69.8 Å². The number of piperidine rings is 1. The summed E-state index contributed by atoms with van der Waals surface area (Å²) in [5.41, 5.74) is 0.154. The summed E-state index contributed by atoms with van der Waals surface area (Å²) in [6, 6.07) is 0.568. The standard InChI is InChI=1S/C54H74N6O10/c1-32(2)31-58-22-20-54(21-23-58)56-45-42-43-48(64)36(6)50-44(42)51(66)53(7,70-50)68-28-12-15-34(4)39(69-41(63)30-40(62)60-26-24-59(25-27-60)37-16-9-8-10-17-37)29-38(61)19-18-33(3)13-11-14-35(5)52(67)55-47(49(43)65)46(45)57-54/h11-14,28,32-34,37-39,57,61,64H,8-10,15-27,29-31H2,1-7H3,(H,55,67)/b13-11+,28-12+,35-14-/t33?,34-,38?,39+,53?/m1/s1. The molecular weight excluding hydrogens is 893 g/mol. The maximum atomic E-state index is 14.8. The molecule has 5 bridgehead atoms. The zero-order valence-electron chi connectivity index (χ0n) is 42.2. The number of nitrogens with zero attached hydrogens (tertiary/aromatic N) is 4. The molecule has 2 aliphatic carbocycles. The van der Waals surface area contributed by atoms with Crippen LogP contribution in [0.1, 0.15) is 150 Å². The number of hydrogen-bond donors (Lipinski definition) is 4. The molecule has 0 aromatic heterocycles. The lowest BCUT2D eigenvalue weighted by molar-refractivity contribution is -0.157. The topological polar surface area (TPSA) is 200 Å². The number of ketones is 2. The molecule has 1 aromatic carbocycles. The number of fused-ring (bicyclic) bond motifs is 13. The number of benzene rings is 1. The lowest BCUT2D eigenvalue weighted by atomic mass is 9.82. The highest BCUT2D eigenvalue weighted by molar-refractivity contribution is 6.34. The van der Waals surface area contributed by atoms with Crippen molar-refractivity contribution >= 4 is 35.1 Å². The van der Waals surface area contributed by atoms with Gasteiger partial charge in [0.1, 0.15) is 35.4 Å². The van der Waals surface area contributed by atoms with E-state index in [0.717, 1.165) is 32.7 Å². The summed E-state index contributed by atoms with van der Waals surface area (Å²) in [7, 11) is 0. The van der Waals surface area contributed by atoms with E-state index in [4.69, 9.17) is 19.2 Å². The number of ether oxygens (including phenoxy) is 3. The third kappa shape index (κ3) is 10.8. The van der Waals surface area contributed by atoms with Gasteiger partial charge >= 0.3 is 11.8 Å². The summed E-state index contributed by atoms with van der Waals surface area (Å²) in [5.74, 6) is -4.80. The number of likely N-dealkylation sites (tertiary alicyclic amines) is 1. The van der Waals surface area contributed by atoms with Gasteiger partial charge < -0.3 is 44.9 Å². The highest BCUT2D eigenvalue weighted by Crippen LogP contribution is 2.50. The van der Waals surface area contributed by atoms with Crippen molar-refractivity contribution in [2.45, 2.75) is 155 Å². The molecule has 8 aliphatic rings. The van der Waals surface area contributed by atoms with Crippen molar-refractivity contribution in [1.29, 1.82) is 0 Å². The Morgan fingerprint density at radius 1 is 0.943 bits per heavy atom. The Labute approximate surface area is 412 Å². The average molecular weight is 967 g/mol. The number of aliphatic imine (C=N–C) groups is 1. The number of aliphatic hydroxyl groups is 1. The summed E-state index contributed by atoms with van der Waals surface area (Å²) >= 11 is 0. The number of amides is 2. The van der Waals surface area contributed by atoms with Crippen LogP contribution in [0.25, 0.3) is 0 Å². The molecule has 1 spiro atoms. The van der Waals surface area contributed by atoms with Crippen molar-refractivity contribution in [2.24, 2.45) is 22.7 Å². The third-order valence-corrected chi connectivity index (χ3v) is 15.5. The van der Waals surface area contributed by atoms with Gasteiger partial charge in [-0.15, -0.1) is 0 Å². The van der Waals surface area contributed by atoms with Gasteiger partial charge in [0.15, 0.2) is 0 Å². The third-order valence-electron chi connectivity index (χ3n) is 15.5. The second-order valence-electron chi connectivity index (χ2n) is 21.4. The first-order valence-electron chi connectivity index (χ1n) is 25.8. The molecule has 0 radical (unpaired) electrons. The van der Waals surface area contributed by atoms with Crippen LogP contribution in [0.15, 0.2) is 52.5 Å². The van der Waals surface area contributed by atoms with E-state index in [-0.39, 0.29) is 69.3 Å². The van der Waals surface area contributed by atoms with E-state index in [2.05, 4.69) is 34.3 Å². The fraction of sp³-hybridized carbons (Fsp3) is 0.630. The Balaban J connectivity index is 1.05. The Kier molecular flexibility index (Phi) is 15.4. The number of carbonyl (C=O) groups is 5. The van der Waals surface area contributed by atoms with Crippen LogP contribution in [-0.2, 0) is 23.9 Å². The van der Waals surface area contributed by atoms with Crippen LogP contribution in [0.4, 0.5) is 0 Å². The molecule has 3 fully saturated rings. The van der Waals surface area contributed by atoms with E-state index >= 15 is 0 Å². The van der Waals surface area contributed by atoms with Crippen molar-refractivity contribution in [3.63, 3.8) is 0 Å². The molecule has 16 heteroatoms. The number of piperazine rings is 1. The maximum absolute atomic E-state index is 14.8. The lowest BCUT2D eigenvalue weighted by Crippen LogP contribution is -2.52. The molecule has 16 nitrogen and oxygen atoms in total. The summed E-state index contributed by atoms with van der Waals surface area (Å²) < 4.78 is 18.5. The van der Waals surface area contributed by atoms with Gasteiger partial charge in [-0.2, -0.15) is 0 Å². The number of esters is 1. The zero-order valence-corrected chi connectivity index (χ0v) is 42.2. The molecule has 3 unspecified atom stereocenters. The molecule has 4 N–H and O–H groups in total. The number of aliphatic hydroxyl groups excluding tert-OH is 1. The van der Waals surface area contributed by atoms with Crippen LogP contribution >= 0.6 is 0 Å². The zero-order chi connectivity index (χ0) is 50.1. The Morgan fingerprint density at radius 2 is 1.66 bits per heavy atom. The van der Waals surface area contributed by atoms with Crippen LogP contribution in [-0.4, -0.2) is 135 Å². The Morgan fingerprint density at radius 3 is 2.36 bits per heavy atom. The largest absolute Gasteiger partial charge is 0.507 e. The SMILES string of the molecule is C/C1=C/C=C/C(C)CCC(O)C[C@H](OC(=O)CC(=O)N2CCN(C3CCCCC3)CC2)[C@H](C)C/C=C/OC2(C)Oc3c(C)c(O)c4c(c3C2=O)C2=NC3(CCN(CC(C)C)CC3)NC2=C(NC1=O)C4=O. The quantitative estimate of drug-likeness (QED) is 0.181. The number of phenolic OH excluding ortho intramolecular Hbond substituents is 1.